The highest BCUT2D eigenvalue weighted by molar-refractivity contribution is 4.93. The van der Waals surface area contributed by atoms with E-state index >= 15 is 0 Å². The van der Waals surface area contributed by atoms with E-state index in [1.807, 2.05) is 13.0 Å². The lowest BCUT2D eigenvalue weighted by atomic mass is 10.4. The fourth-order valence-corrected chi connectivity index (χ4v) is 0.381. The molecule has 0 aromatic heterocycles. The standard InChI is InChI=1S/C5H8O/c1-2-3-5-4-6-5/h2-3,5H,4H2,1H3/b3-2+. The lowest BCUT2D eigenvalue weighted by Crippen LogP contribution is -1.68. The first-order valence-electron chi connectivity index (χ1n) is 2.18. The molecule has 1 atom stereocenters. The van der Waals surface area contributed by atoms with Gasteiger partial charge in [-0.2, -0.15) is 0 Å². The molecule has 1 heterocycles. The van der Waals surface area contributed by atoms with Crippen molar-refractivity contribution in [3.05, 3.63) is 12.2 Å². The van der Waals surface area contributed by atoms with Crippen molar-refractivity contribution in [1.29, 1.82) is 0 Å². The monoisotopic (exact) mass is 84.1 g/mol. The van der Waals surface area contributed by atoms with Crippen LogP contribution in [0.4, 0.5) is 0 Å². The van der Waals surface area contributed by atoms with Crippen LogP contribution in [0.2, 0.25) is 0 Å². The summed E-state index contributed by atoms with van der Waals surface area (Å²) in [7, 11) is 0. The van der Waals surface area contributed by atoms with Crippen LogP contribution in [-0.4, -0.2) is 12.7 Å². The molecule has 1 saturated heterocycles. The fraction of sp³-hybridized carbons (Fsp3) is 0.600. The normalized spacial score (nSPS) is 31.8. The molecule has 1 nitrogen and oxygen atoms in total. The lowest BCUT2D eigenvalue weighted by molar-refractivity contribution is 0.440. The third-order valence-electron chi connectivity index (χ3n) is 0.766. The fourth-order valence-electron chi connectivity index (χ4n) is 0.381. The second-order valence-electron chi connectivity index (χ2n) is 1.40. The summed E-state index contributed by atoms with van der Waals surface area (Å²) >= 11 is 0. The Hall–Kier alpha value is -0.300. The second kappa shape index (κ2) is 1.43. The number of hydrogen-bond acceptors (Lipinski definition) is 1. The van der Waals surface area contributed by atoms with Crippen molar-refractivity contribution in [2.75, 3.05) is 6.61 Å². The van der Waals surface area contributed by atoms with Gasteiger partial charge in [0.15, 0.2) is 0 Å². The zero-order valence-corrected chi connectivity index (χ0v) is 3.85. The van der Waals surface area contributed by atoms with E-state index < -0.39 is 0 Å². The van der Waals surface area contributed by atoms with E-state index in [2.05, 4.69) is 6.08 Å². The molecule has 0 aliphatic carbocycles. The molecule has 0 spiro atoms. The highest BCUT2D eigenvalue weighted by Gasteiger charge is 2.16. The van der Waals surface area contributed by atoms with Crippen molar-refractivity contribution in [2.45, 2.75) is 13.0 Å². The van der Waals surface area contributed by atoms with Gasteiger partial charge in [0.05, 0.1) is 12.7 Å². The van der Waals surface area contributed by atoms with E-state index in [1.165, 1.54) is 0 Å². The lowest BCUT2D eigenvalue weighted by Gasteiger charge is -1.66. The molecule has 1 aliphatic heterocycles. The van der Waals surface area contributed by atoms with E-state index in [0.717, 1.165) is 6.61 Å². The summed E-state index contributed by atoms with van der Waals surface area (Å²) in [4.78, 5) is 0. The Bertz CT molecular complexity index is 62.3. The zero-order chi connectivity index (χ0) is 4.41. The average molecular weight is 84.1 g/mol. The summed E-state index contributed by atoms with van der Waals surface area (Å²) in [5.41, 5.74) is 0. The third kappa shape index (κ3) is 0.830. The Morgan fingerprint density at radius 1 is 1.83 bits per heavy atom. The Morgan fingerprint density at radius 3 is 2.67 bits per heavy atom. The van der Waals surface area contributed by atoms with Gasteiger partial charge >= 0.3 is 0 Å². The number of ether oxygens (including phenoxy) is 1. The van der Waals surface area contributed by atoms with Gasteiger partial charge in [-0.25, -0.2) is 0 Å². The molecule has 0 bridgehead atoms. The van der Waals surface area contributed by atoms with E-state index in [-0.39, 0.29) is 0 Å². The van der Waals surface area contributed by atoms with Crippen LogP contribution in [0, 0.1) is 0 Å². The van der Waals surface area contributed by atoms with Crippen LogP contribution >= 0.6 is 0 Å². The second-order valence-corrected chi connectivity index (χ2v) is 1.40. The quantitative estimate of drug-likeness (QED) is 0.340. The first kappa shape index (κ1) is 3.88. The Kier molecular flexibility index (Phi) is 0.926. The van der Waals surface area contributed by atoms with Crippen LogP contribution < -0.4 is 0 Å². The van der Waals surface area contributed by atoms with Crippen LogP contribution in [-0.2, 0) is 4.74 Å². The van der Waals surface area contributed by atoms with Crippen molar-refractivity contribution >= 4 is 0 Å². The molecular formula is C5H8O. The molecule has 0 saturated carbocycles. The van der Waals surface area contributed by atoms with Crippen molar-refractivity contribution in [1.82, 2.24) is 0 Å². The molecule has 0 aromatic rings. The summed E-state index contributed by atoms with van der Waals surface area (Å²) in [6.45, 7) is 2.94. The van der Waals surface area contributed by atoms with E-state index in [1.54, 1.807) is 0 Å². The summed E-state index contributed by atoms with van der Waals surface area (Å²) in [5, 5.41) is 0. The highest BCUT2D eigenvalue weighted by Crippen LogP contribution is 2.08. The molecule has 1 unspecified atom stereocenters. The predicted molar refractivity (Wildman–Crippen MR) is 24.6 cm³/mol. The molecule has 1 heteroatoms. The molecule has 0 aromatic carbocycles. The van der Waals surface area contributed by atoms with Gasteiger partial charge in [0, 0.05) is 0 Å². The van der Waals surface area contributed by atoms with E-state index in [0.29, 0.717) is 6.10 Å². The summed E-state index contributed by atoms with van der Waals surface area (Å²) in [6, 6.07) is 0. The molecule has 0 amide bonds. The minimum atomic E-state index is 0.468. The van der Waals surface area contributed by atoms with Gasteiger partial charge in [-0.1, -0.05) is 12.2 Å². The first-order valence-corrected chi connectivity index (χ1v) is 2.18. The van der Waals surface area contributed by atoms with E-state index in [4.69, 9.17) is 4.74 Å². The van der Waals surface area contributed by atoms with Crippen molar-refractivity contribution in [3.8, 4) is 0 Å². The summed E-state index contributed by atoms with van der Waals surface area (Å²) < 4.78 is 4.86. The predicted octanol–water partition coefficient (Wildman–Crippen LogP) is 0.961. The minimum absolute atomic E-state index is 0.468. The Balaban J connectivity index is 2.15. The highest BCUT2D eigenvalue weighted by atomic mass is 16.6. The van der Waals surface area contributed by atoms with Crippen molar-refractivity contribution < 1.29 is 4.74 Å². The third-order valence-corrected chi connectivity index (χ3v) is 0.766. The zero-order valence-electron chi connectivity index (χ0n) is 3.85. The maximum Gasteiger partial charge on any atom is 0.0990 e. The average Bonchev–Trinajstić information content (AvgIpc) is 2.21. The van der Waals surface area contributed by atoms with Gasteiger partial charge in [0.2, 0.25) is 0 Å². The van der Waals surface area contributed by atoms with Crippen LogP contribution in [0.5, 0.6) is 0 Å². The minimum Gasteiger partial charge on any atom is -0.369 e. The van der Waals surface area contributed by atoms with Crippen LogP contribution in [0.15, 0.2) is 12.2 Å². The van der Waals surface area contributed by atoms with Crippen molar-refractivity contribution in [2.24, 2.45) is 0 Å². The number of rotatable bonds is 1. The maximum atomic E-state index is 4.86. The Morgan fingerprint density at radius 2 is 2.50 bits per heavy atom. The molecule has 1 rings (SSSR count). The summed E-state index contributed by atoms with van der Waals surface area (Å²) in [6.07, 6.45) is 4.53. The molecule has 1 aliphatic rings. The number of epoxide rings is 1. The van der Waals surface area contributed by atoms with Crippen molar-refractivity contribution in [3.63, 3.8) is 0 Å². The topological polar surface area (TPSA) is 12.5 Å². The first-order chi connectivity index (χ1) is 2.93. The van der Waals surface area contributed by atoms with Crippen LogP contribution in [0.1, 0.15) is 6.92 Å². The van der Waals surface area contributed by atoms with Crippen LogP contribution in [0.25, 0.3) is 0 Å². The van der Waals surface area contributed by atoms with Gasteiger partial charge in [-0.3, -0.25) is 0 Å². The number of allylic oxidation sites excluding steroid dienone is 1. The largest absolute Gasteiger partial charge is 0.369 e. The van der Waals surface area contributed by atoms with Gasteiger partial charge < -0.3 is 4.74 Å². The SMILES string of the molecule is C/C=C/C1CO1. The van der Waals surface area contributed by atoms with Gasteiger partial charge in [-0.05, 0) is 6.92 Å². The molecule has 6 heavy (non-hydrogen) atoms. The molecular weight excluding hydrogens is 76.1 g/mol. The maximum absolute atomic E-state index is 4.86. The van der Waals surface area contributed by atoms with Gasteiger partial charge in [0.1, 0.15) is 0 Å². The van der Waals surface area contributed by atoms with Gasteiger partial charge in [0.25, 0.3) is 0 Å². The number of hydrogen-bond donors (Lipinski definition) is 0. The smallest absolute Gasteiger partial charge is 0.0990 e. The Labute approximate surface area is 37.6 Å². The molecule has 34 valence electrons. The molecule has 0 N–H and O–H groups in total. The van der Waals surface area contributed by atoms with Crippen LogP contribution in [0.3, 0.4) is 0 Å². The summed E-state index contributed by atoms with van der Waals surface area (Å²) in [5.74, 6) is 0. The molecule has 1 fully saturated rings. The van der Waals surface area contributed by atoms with E-state index in [9.17, 15) is 0 Å². The molecule has 0 radical (unpaired) electrons. The van der Waals surface area contributed by atoms with Gasteiger partial charge in [-0.15, -0.1) is 0 Å².